The molecule has 0 unspecified atom stereocenters. The first-order valence-corrected chi connectivity index (χ1v) is 10.9. The van der Waals surface area contributed by atoms with Gasteiger partial charge in [0.2, 0.25) is 23.4 Å². The quantitative estimate of drug-likeness (QED) is 0.357. The number of hydrogen-bond donors (Lipinski definition) is 2. The second-order valence-electron chi connectivity index (χ2n) is 8.58. The molecule has 1 amide bonds. The van der Waals surface area contributed by atoms with Crippen molar-refractivity contribution in [3.05, 3.63) is 71.6 Å². The molecule has 3 aromatic heterocycles. The van der Waals surface area contributed by atoms with Crippen molar-refractivity contribution < 1.29 is 18.1 Å². The Balaban J connectivity index is 1.22. The first-order valence-electron chi connectivity index (χ1n) is 10.9. The zero-order chi connectivity index (χ0) is 23.4. The lowest BCUT2D eigenvalue weighted by atomic mass is 10.1. The Hall–Kier alpha value is -4.27. The summed E-state index contributed by atoms with van der Waals surface area (Å²) in [5.74, 6) is 0.368. The fourth-order valence-electron chi connectivity index (χ4n) is 3.93. The Kier molecular flexibility index (Phi) is 4.58. The Morgan fingerprint density at radius 1 is 1.15 bits per heavy atom. The standard InChI is InChI=1S/C25H20FN5O3/c1-12-3-4-14(22-30-25(34-31-22)17-10-18(17)26)9-20(12)29-23(32)21-11-27-24(33-21)15-5-6-19-16(8-15)7-13(2)28-19/h3-9,11,17-18,28H,10H2,1-2H3,(H,29,32)/t17-,18-/m0/s1. The molecule has 0 radical (unpaired) electrons. The monoisotopic (exact) mass is 457 g/mol. The lowest BCUT2D eigenvalue weighted by Crippen LogP contribution is -2.12. The van der Waals surface area contributed by atoms with Crippen LogP contribution in [-0.2, 0) is 0 Å². The number of alkyl halides is 1. The maximum absolute atomic E-state index is 13.3. The number of amides is 1. The predicted octanol–water partition coefficient (Wildman–Crippen LogP) is 5.57. The van der Waals surface area contributed by atoms with Gasteiger partial charge in [0.05, 0.1) is 12.1 Å². The predicted molar refractivity (Wildman–Crippen MR) is 123 cm³/mol. The van der Waals surface area contributed by atoms with Gasteiger partial charge in [0.25, 0.3) is 5.91 Å². The second-order valence-corrected chi connectivity index (χ2v) is 8.58. The maximum Gasteiger partial charge on any atom is 0.293 e. The van der Waals surface area contributed by atoms with Crippen LogP contribution in [0.1, 0.15) is 40.0 Å². The number of H-pyrrole nitrogens is 1. The third-order valence-corrected chi connectivity index (χ3v) is 5.95. The average molecular weight is 457 g/mol. The molecule has 2 N–H and O–H groups in total. The topological polar surface area (TPSA) is 110 Å². The Morgan fingerprint density at radius 3 is 2.79 bits per heavy atom. The SMILES string of the molecule is Cc1cc2cc(-c3ncc(C(=O)Nc4cc(-c5noc([C@H]6C[C@@H]6F)n5)ccc4C)o3)ccc2[nH]1. The van der Waals surface area contributed by atoms with Crippen LogP contribution in [0.15, 0.2) is 57.6 Å². The van der Waals surface area contributed by atoms with Crippen molar-refractivity contribution >= 4 is 22.5 Å². The third-order valence-electron chi connectivity index (χ3n) is 5.95. The van der Waals surface area contributed by atoms with Crippen LogP contribution in [-0.4, -0.2) is 32.2 Å². The van der Waals surface area contributed by atoms with Crippen molar-refractivity contribution in [3.8, 4) is 22.8 Å². The highest BCUT2D eigenvalue weighted by molar-refractivity contribution is 6.03. The van der Waals surface area contributed by atoms with Crippen molar-refractivity contribution in [1.82, 2.24) is 20.1 Å². The van der Waals surface area contributed by atoms with E-state index in [1.54, 1.807) is 6.07 Å². The number of aromatic nitrogens is 4. The van der Waals surface area contributed by atoms with Crippen LogP contribution in [0.4, 0.5) is 10.1 Å². The number of anilines is 1. The van der Waals surface area contributed by atoms with Crippen molar-refractivity contribution in [2.24, 2.45) is 0 Å². The van der Waals surface area contributed by atoms with Crippen LogP contribution in [0.2, 0.25) is 0 Å². The summed E-state index contributed by atoms with van der Waals surface area (Å²) in [6, 6.07) is 13.3. The maximum atomic E-state index is 13.3. The number of oxazole rings is 1. The van der Waals surface area contributed by atoms with E-state index in [9.17, 15) is 9.18 Å². The van der Waals surface area contributed by atoms with E-state index in [4.69, 9.17) is 8.94 Å². The van der Waals surface area contributed by atoms with Gasteiger partial charge in [0.15, 0.2) is 0 Å². The molecular formula is C25H20FN5O3. The minimum atomic E-state index is -0.915. The molecule has 5 aromatic rings. The molecule has 9 heteroatoms. The number of fused-ring (bicyclic) bond motifs is 1. The van der Waals surface area contributed by atoms with E-state index < -0.39 is 12.1 Å². The summed E-state index contributed by atoms with van der Waals surface area (Å²) in [7, 11) is 0. The number of halogens is 1. The van der Waals surface area contributed by atoms with Gasteiger partial charge in [-0.15, -0.1) is 0 Å². The molecule has 1 aliphatic rings. The second kappa shape index (κ2) is 7.65. The van der Waals surface area contributed by atoms with Gasteiger partial charge < -0.3 is 19.2 Å². The Bertz CT molecular complexity index is 1550. The molecule has 0 spiro atoms. The molecule has 1 aliphatic carbocycles. The van der Waals surface area contributed by atoms with Crippen LogP contribution < -0.4 is 5.32 Å². The molecule has 2 aromatic carbocycles. The Labute approximate surface area is 193 Å². The molecule has 6 rings (SSSR count). The number of aromatic amines is 1. The molecule has 0 aliphatic heterocycles. The van der Waals surface area contributed by atoms with E-state index in [2.05, 4.69) is 25.4 Å². The van der Waals surface area contributed by atoms with Crippen molar-refractivity contribution in [2.75, 3.05) is 5.32 Å². The normalized spacial score (nSPS) is 17.3. The zero-order valence-electron chi connectivity index (χ0n) is 18.4. The van der Waals surface area contributed by atoms with Crippen LogP contribution in [0.5, 0.6) is 0 Å². The lowest BCUT2D eigenvalue weighted by molar-refractivity contribution is 0.0997. The van der Waals surface area contributed by atoms with Crippen LogP contribution >= 0.6 is 0 Å². The van der Waals surface area contributed by atoms with Crippen LogP contribution in [0.3, 0.4) is 0 Å². The van der Waals surface area contributed by atoms with Gasteiger partial charge in [-0.05, 0) is 56.2 Å². The summed E-state index contributed by atoms with van der Waals surface area (Å²) in [5, 5.41) is 7.86. The zero-order valence-corrected chi connectivity index (χ0v) is 18.4. The molecule has 0 saturated heterocycles. The Morgan fingerprint density at radius 2 is 1.97 bits per heavy atom. The molecule has 1 fully saturated rings. The smallest absolute Gasteiger partial charge is 0.293 e. The van der Waals surface area contributed by atoms with E-state index in [1.807, 2.05) is 50.2 Å². The van der Waals surface area contributed by atoms with Gasteiger partial charge in [-0.2, -0.15) is 4.98 Å². The third kappa shape index (κ3) is 3.64. The number of carbonyl (C=O) groups excluding carboxylic acids is 1. The highest BCUT2D eigenvalue weighted by Crippen LogP contribution is 2.43. The van der Waals surface area contributed by atoms with Gasteiger partial charge in [-0.25, -0.2) is 9.37 Å². The number of rotatable bonds is 5. The van der Waals surface area contributed by atoms with Crippen molar-refractivity contribution in [3.63, 3.8) is 0 Å². The van der Waals surface area contributed by atoms with E-state index in [0.29, 0.717) is 35.3 Å². The van der Waals surface area contributed by atoms with Crippen molar-refractivity contribution in [2.45, 2.75) is 32.4 Å². The van der Waals surface area contributed by atoms with Gasteiger partial charge in [-0.3, -0.25) is 4.79 Å². The highest BCUT2D eigenvalue weighted by atomic mass is 19.1. The number of aryl methyl sites for hydroxylation is 2. The minimum absolute atomic E-state index is 0.0923. The molecule has 170 valence electrons. The van der Waals surface area contributed by atoms with E-state index in [0.717, 1.165) is 27.7 Å². The summed E-state index contributed by atoms with van der Waals surface area (Å²) in [5.41, 5.74) is 4.94. The summed E-state index contributed by atoms with van der Waals surface area (Å²) in [4.78, 5) is 24.7. The number of carbonyl (C=O) groups is 1. The van der Waals surface area contributed by atoms with Gasteiger partial charge in [0.1, 0.15) is 6.17 Å². The molecular weight excluding hydrogens is 437 g/mol. The van der Waals surface area contributed by atoms with Gasteiger partial charge in [-0.1, -0.05) is 17.3 Å². The number of nitrogens with zero attached hydrogens (tertiary/aromatic N) is 3. The number of benzene rings is 2. The summed E-state index contributed by atoms with van der Waals surface area (Å²) >= 11 is 0. The molecule has 1 saturated carbocycles. The minimum Gasteiger partial charge on any atom is -0.431 e. The van der Waals surface area contributed by atoms with Gasteiger partial charge in [0, 0.05) is 33.4 Å². The largest absolute Gasteiger partial charge is 0.431 e. The fraction of sp³-hybridized carbons (Fsp3) is 0.200. The van der Waals surface area contributed by atoms with Crippen molar-refractivity contribution in [1.29, 1.82) is 0 Å². The summed E-state index contributed by atoms with van der Waals surface area (Å²) in [6.07, 6.45) is 0.904. The summed E-state index contributed by atoms with van der Waals surface area (Å²) in [6.45, 7) is 3.87. The van der Waals surface area contributed by atoms with Crippen LogP contribution in [0, 0.1) is 13.8 Å². The average Bonchev–Trinajstić information content (AvgIpc) is 3.26. The highest BCUT2D eigenvalue weighted by Gasteiger charge is 2.43. The molecule has 8 nitrogen and oxygen atoms in total. The molecule has 34 heavy (non-hydrogen) atoms. The lowest BCUT2D eigenvalue weighted by Gasteiger charge is -2.08. The fourth-order valence-corrected chi connectivity index (χ4v) is 3.93. The van der Waals surface area contributed by atoms with E-state index in [-0.39, 0.29) is 11.7 Å². The summed E-state index contributed by atoms with van der Waals surface area (Å²) < 4.78 is 24.2. The number of nitrogens with one attached hydrogen (secondary N) is 2. The van der Waals surface area contributed by atoms with E-state index in [1.165, 1.54) is 6.20 Å². The van der Waals surface area contributed by atoms with Crippen LogP contribution in [0.25, 0.3) is 33.7 Å². The van der Waals surface area contributed by atoms with Gasteiger partial charge >= 0.3 is 0 Å². The number of hydrogen-bond acceptors (Lipinski definition) is 6. The molecule has 2 atom stereocenters. The van der Waals surface area contributed by atoms with E-state index >= 15 is 0 Å². The first kappa shape index (κ1) is 20.3. The first-order chi connectivity index (χ1) is 16.4. The molecule has 0 bridgehead atoms. The molecule has 3 heterocycles.